The molecule has 2 rings (SSSR count). The highest BCUT2D eigenvalue weighted by Crippen LogP contribution is 2.15. The van der Waals surface area contributed by atoms with Gasteiger partial charge in [0.1, 0.15) is 0 Å². The van der Waals surface area contributed by atoms with Gasteiger partial charge < -0.3 is 10.2 Å². The predicted octanol–water partition coefficient (Wildman–Crippen LogP) is 2.60. The fourth-order valence-corrected chi connectivity index (χ4v) is 2.39. The van der Waals surface area contributed by atoms with Crippen molar-refractivity contribution in [1.29, 1.82) is 0 Å². The van der Waals surface area contributed by atoms with E-state index < -0.39 is 0 Å². The van der Waals surface area contributed by atoms with Gasteiger partial charge in [-0.15, -0.1) is 12.4 Å². The van der Waals surface area contributed by atoms with Crippen LogP contribution in [0.3, 0.4) is 0 Å². The summed E-state index contributed by atoms with van der Waals surface area (Å²) in [5.74, 6) is 0.853. The monoisotopic (exact) mass is 296 g/mol. The fourth-order valence-electron chi connectivity index (χ4n) is 2.39. The molecule has 1 heterocycles. The van der Waals surface area contributed by atoms with Crippen LogP contribution in [0.25, 0.3) is 0 Å². The minimum absolute atomic E-state index is 0. The first-order valence-electron chi connectivity index (χ1n) is 7.24. The molecule has 0 atom stereocenters. The number of nitrogens with one attached hydrogen (secondary N) is 1. The van der Waals surface area contributed by atoms with Crippen molar-refractivity contribution in [1.82, 2.24) is 10.2 Å². The Labute approximate surface area is 128 Å². The number of benzene rings is 1. The van der Waals surface area contributed by atoms with Crippen molar-refractivity contribution in [3.05, 3.63) is 35.4 Å². The van der Waals surface area contributed by atoms with Gasteiger partial charge in [0.05, 0.1) is 0 Å². The maximum atomic E-state index is 12.0. The van der Waals surface area contributed by atoms with Gasteiger partial charge in [0, 0.05) is 32.6 Å². The number of halogens is 1. The van der Waals surface area contributed by atoms with Gasteiger partial charge in [0.25, 0.3) is 0 Å². The second kappa shape index (κ2) is 8.28. The Balaban J connectivity index is 0.00000200. The van der Waals surface area contributed by atoms with E-state index in [2.05, 4.69) is 43.4 Å². The van der Waals surface area contributed by atoms with E-state index >= 15 is 0 Å². The minimum atomic E-state index is 0. The van der Waals surface area contributed by atoms with Crippen molar-refractivity contribution in [2.45, 2.75) is 32.6 Å². The first-order valence-corrected chi connectivity index (χ1v) is 7.24. The number of carbonyl (C=O) groups is 1. The first-order chi connectivity index (χ1) is 9.16. The van der Waals surface area contributed by atoms with E-state index in [4.69, 9.17) is 0 Å². The Morgan fingerprint density at radius 3 is 2.35 bits per heavy atom. The smallest absolute Gasteiger partial charge is 0.222 e. The summed E-state index contributed by atoms with van der Waals surface area (Å²) >= 11 is 0. The van der Waals surface area contributed by atoms with Gasteiger partial charge in [-0.2, -0.15) is 0 Å². The molecule has 0 aromatic heterocycles. The van der Waals surface area contributed by atoms with Gasteiger partial charge in [-0.05, 0) is 23.5 Å². The minimum Gasteiger partial charge on any atom is -0.340 e. The van der Waals surface area contributed by atoms with Crippen LogP contribution in [0, 0.1) is 0 Å². The van der Waals surface area contributed by atoms with E-state index in [0.29, 0.717) is 12.3 Å². The van der Waals surface area contributed by atoms with Gasteiger partial charge in [-0.25, -0.2) is 0 Å². The number of nitrogens with zero attached hydrogens (tertiary/aromatic N) is 1. The van der Waals surface area contributed by atoms with Crippen LogP contribution in [-0.2, 0) is 11.2 Å². The average Bonchev–Trinajstić information content (AvgIpc) is 2.46. The highest BCUT2D eigenvalue weighted by Gasteiger charge is 2.15. The number of amides is 1. The van der Waals surface area contributed by atoms with Gasteiger partial charge in [-0.1, -0.05) is 38.1 Å². The SMILES string of the molecule is CC(C)c1ccc(CCC(=O)N2CCNCC2)cc1.Cl. The zero-order chi connectivity index (χ0) is 13.7. The van der Waals surface area contributed by atoms with Gasteiger partial charge in [-0.3, -0.25) is 4.79 Å². The summed E-state index contributed by atoms with van der Waals surface area (Å²) in [6, 6.07) is 8.66. The molecule has 1 N–H and O–H groups in total. The largest absolute Gasteiger partial charge is 0.340 e. The van der Waals surface area contributed by atoms with E-state index in [0.717, 1.165) is 32.6 Å². The molecule has 1 aliphatic heterocycles. The van der Waals surface area contributed by atoms with Crippen LogP contribution in [0.15, 0.2) is 24.3 Å². The van der Waals surface area contributed by atoms with Crippen LogP contribution >= 0.6 is 12.4 Å². The number of carbonyl (C=O) groups excluding carboxylic acids is 1. The molecular formula is C16H25ClN2O. The molecule has 3 nitrogen and oxygen atoms in total. The highest BCUT2D eigenvalue weighted by molar-refractivity contribution is 5.85. The van der Waals surface area contributed by atoms with Crippen LogP contribution in [-0.4, -0.2) is 37.0 Å². The number of hydrogen-bond donors (Lipinski definition) is 1. The van der Waals surface area contributed by atoms with Crippen LogP contribution < -0.4 is 5.32 Å². The quantitative estimate of drug-likeness (QED) is 0.926. The molecule has 0 bridgehead atoms. The van der Waals surface area contributed by atoms with E-state index in [-0.39, 0.29) is 18.3 Å². The lowest BCUT2D eigenvalue weighted by Gasteiger charge is -2.27. The molecule has 0 aliphatic carbocycles. The van der Waals surface area contributed by atoms with E-state index in [9.17, 15) is 4.79 Å². The van der Waals surface area contributed by atoms with Crippen molar-refractivity contribution in [2.75, 3.05) is 26.2 Å². The topological polar surface area (TPSA) is 32.3 Å². The van der Waals surface area contributed by atoms with Crippen molar-refractivity contribution in [2.24, 2.45) is 0 Å². The number of aryl methyl sites for hydroxylation is 1. The third kappa shape index (κ3) is 4.80. The van der Waals surface area contributed by atoms with Crippen molar-refractivity contribution >= 4 is 18.3 Å². The Kier molecular flexibility index (Phi) is 7.03. The molecule has 1 amide bonds. The van der Waals surface area contributed by atoms with Crippen molar-refractivity contribution in [3.8, 4) is 0 Å². The summed E-state index contributed by atoms with van der Waals surface area (Å²) < 4.78 is 0. The Morgan fingerprint density at radius 1 is 1.20 bits per heavy atom. The summed E-state index contributed by atoms with van der Waals surface area (Å²) in [5, 5.41) is 3.27. The molecule has 20 heavy (non-hydrogen) atoms. The standard InChI is InChI=1S/C16H24N2O.ClH/c1-13(2)15-6-3-14(4-7-15)5-8-16(19)18-11-9-17-10-12-18;/h3-4,6-7,13,17H,5,8-12H2,1-2H3;1H. The number of piperazine rings is 1. The first kappa shape index (κ1) is 17.0. The third-order valence-electron chi connectivity index (χ3n) is 3.74. The normalized spacial score (nSPS) is 15.1. The molecule has 4 heteroatoms. The zero-order valence-corrected chi connectivity index (χ0v) is 13.2. The molecule has 0 unspecified atom stereocenters. The van der Waals surface area contributed by atoms with Crippen molar-refractivity contribution in [3.63, 3.8) is 0 Å². The molecule has 1 aromatic carbocycles. The lowest BCUT2D eigenvalue weighted by atomic mass is 10.00. The van der Waals surface area contributed by atoms with E-state index in [1.807, 2.05) is 4.90 Å². The second-order valence-corrected chi connectivity index (χ2v) is 5.53. The third-order valence-corrected chi connectivity index (χ3v) is 3.74. The van der Waals surface area contributed by atoms with Gasteiger partial charge in [0.2, 0.25) is 5.91 Å². The Hall–Kier alpha value is -1.06. The zero-order valence-electron chi connectivity index (χ0n) is 12.4. The molecule has 1 saturated heterocycles. The Morgan fingerprint density at radius 2 is 1.80 bits per heavy atom. The molecule has 112 valence electrons. The molecule has 1 aromatic rings. The molecular weight excluding hydrogens is 272 g/mol. The average molecular weight is 297 g/mol. The van der Waals surface area contributed by atoms with Crippen LogP contribution in [0.2, 0.25) is 0 Å². The molecule has 1 aliphatic rings. The van der Waals surface area contributed by atoms with Gasteiger partial charge >= 0.3 is 0 Å². The maximum absolute atomic E-state index is 12.0. The predicted molar refractivity (Wildman–Crippen MR) is 85.5 cm³/mol. The van der Waals surface area contributed by atoms with Gasteiger partial charge in [0.15, 0.2) is 0 Å². The fraction of sp³-hybridized carbons (Fsp3) is 0.562. The van der Waals surface area contributed by atoms with Crippen LogP contribution in [0.4, 0.5) is 0 Å². The number of rotatable bonds is 4. The summed E-state index contributed by atoms with van der Waals surface area (Å²) in [4.78, 5) is 14.0. The van der Waals surface area contributed by atoms with Crippen molar-refractivity contribution < 1.29 is 4.79 Å². The summed E-state index contributed by atoms with van der Waals surface area (Å²) in [6.07, 6.45) is 1.47. The van der Waals surface area contributed by atoms with E-state index in [1.54, 1.807) is 0 Å². The molecule has 0 saturated carbocycles. The molecule has 1 fully saturated rings. The molecule has 0 spiro atoms. The number of hydrogen-bond acceptors (Lipinski definition) is 2. The van der Waals surface area contributed by atoms with Crippen LogP contribution in [0.1, 0.15) is 37.3 Å². The van der Waals surface area contributed by atoms with E-state index in [1.165, 1.54) is 11.1 Å². The molecule has 0 radical (unpaired) electrons. The maximum Gasteiger partial charge on any atom is 0.222 e. The Bertz CT molecular complexity index is 411. The highest BCUT2D eigenvalue weighted by atomic mass is 35.5. The lowest BCUT2D eigenvalue weighted by molar-refractivity contribution is -0.131. The second-order valence-electron chi connectivity index (χ2n) is 5.53. The lowest BCUT2D eigenvalue weighted by Crippen LogP contribution is -2.46. The summed E-state index contributed by atoms with van der Waals surface area (Å²) in [6.45, 7) is 7.95. The van der Waals surface area contributed by atoms with Crippen LogP contribution in [0.5, 0.6) is 0 Å². The summed E-state index contributed by atoms with van der Waals surface area (Å²) in [7, 11) is 0. The summed E-state index contributed by atoms with van der Waals surface area (Å²) in [5.41, 5.74) is 2.62.